The predicted molar refractivity (Wildman–Crippen MR) is 111 cm³/mol. The zero-order valence-electron chi connectivity index (χ0n) is 15.3. The maximum absolute atomic E-state index is 12.9. The van der Waals surface area contributed by atoms with Gasteiger partial charge in [0.1, 0.15) is 0 Å². The number of rotatable bonds is 6. The fourth-order valence-electron chi connectivity index (χ4n) is 2.93. The molecule has 3 aromatic rings. The van der Waals surface area contributed by atoms with E-state index in [1.54, 1.807) is 0 Å². The van der Waals surface area contributed by atoms with Crippen molar-refractivity contribution in [2.45, 2.75) is 17.4 Å². The number of nitrogens with one attached hydrogen (secondary N) is 1. The van der Waals surface area contributed by atoms with Crippen molar-refractivity contribution in [2.24, 2.45) is 0 Å². The van der Waals surface area contributed by atoms with Crippen LogP contribution in [0.25, 0.3) is 0 Å². The minimum Gasteiger partial charge on any atom is -0.345 e. The molecule has 28 heavy (non-hydrogen) atoms. The average Bonchev–Trinajstić information content (AvgIpc) is 2.68. The maximum Gasteiger partial charge on any atom is 0.253 e. The van der Waals surface area contributed by atoms with Gasteiger partial charge >= 0.3 is 0 Å². The molecule has 0 saturated heterocycles. The fraction of sp³-hybridized carbons (Fsp3) is 0.136. The highest BCUT2D eigenvalue weighted by Gasteiger charge is 2.20. The van der Waals surface area contributed by atoms with Gasteiger partial charge in [-0.15, -0.1) is 0 Å². The minimum atomic E-state index is -3.44. The lowest BCUT2D eigenvalue weighted by Crippen LogP contribution is -2.30. The molecule has 4 nitrogen and oxygen atoms in total. The van der Waals surface area contributed by atoms with Crippen LogP contribution in [0.15, 0.2) is 83.8 Å². The van der Waals surface area contributed by atoms with Gasteiger partial charge < -0.3 is 5.32 Å². The van der Waals surface area contributed by atoms with Gasteiger partial charge in [0, 0.05) is 6.26 Å². The van der Waals surface area contributed by atoms with Crippen LogP contribution in [0.1, 0.15) is 27.5 Å². The molecule has 0 fully saturated rings. The highest BCUT2D eigenvalue weighted by atomic mass is 35.5. The van der Waals surface area contributed by atoms with Gasteiger partial charge in [-0.1, -0.05) is 72.3 Å². The third-order valence-electron chi connectivity index (χ3n) is 4.40. The van der Waals surface area contributed by atoms with Crippen molar-refractivity contribution < 1.29 is 13.2 Å². The van der Waals surface area contributed by atoms with Gasteiger partial charge in [-0.05, 0) is 35.7 Å². The number of carbonyl (C=O) groups excluding carboxylic acids is 1. The third kappa shape index (κ3) is 5.00. The topological polar surface area (TPSA) is 63.2 Å². The van der Waals surface area contributed by atoms with Crippen molar-refractivity contribution in [3.05, 3.63) is 101 Å². The summed E-state index contributed by atoms with van der Waals surface area (Å²) in [4.78, 5) is 13.0. The molecule has 0 saturated carbocycles. The molecular formula is C22H20ClNO3S. The molecule has 1 N–H and O–H groups in total. The van der Waals surface area contributed by atoms with Crippen molar-refractivity contribution in [3.63, 3.8) is 0 Å². The average molecular weight is 414 g/mol. The van der Waals surface area contributed by atoms with Crippen LogP contribution in [-0.2, 0) is 16.3 Å². The summed E-state index contributed by atoms with van der Waals surface area (Å²) in [5.74, 6) is -0.416. The van der Waals surface area contributed by atoms with Crippen LogP contribution in [0.4, 0.5) is 0 Å². The van der Waals surface area contributed by atoms with E-state index in [0.717, 1.165) is 17.4 Å². The summed E-state index contributed by atoms with van der Waals surface area (Å²) in [7, 11) is -3.44. The number of halogens is 1. The first-order chi connectivity index (χ1) is 13.3. The molecule has 3 aromatic carbocycles. The smallest absolute Gasteiger partial charge is 0.253 e. The Labute approximate surface area is 170 Å². The summed E-state index contributed by atoms with van der Waals surface area (Å²) in [6.45, 7) is 0. The molecule has 0 aliphatic heterocycles. The number of benzene rings is 3. The number of amides is 1. The molecule has 1 amide bonds. The standard InChI is InChI=1S/C22H20ClNO3S/c1-28(26,27)18-12-13-20(23)19(15-18)22(25)24-21(17-10-6-3-7-11-17)14-16-8-4-2-5-9-16/h2-13,15,21H,14H2,1H3,(H,24,25). The second-order valence-electron chi connectivity index (χ2n) is 6.54. The fourth-order valence-corrected chi connectivity index (χ4v) is 3.78. The molecule has 1 atom stereocenters. The molecule has 0 spiro atoms. The van der Waals surface area contributed by atoms with Crippen molar-refractivity contribution in [3.8, 4) is 0 Å². The van der Waals surface area contributed by atoms with E-state index in [4.69, 9.17) is 11.6 Å². The van der Waals surface area contributed by atoms with Gasteiger partial charge in [-0.25, -0.2) is 8.42 Å². The summed E-state index contributed by atoms with van der Waals surface area (Å²) in [6.07, 6.45) is 1.69. The van der Waals surface area contributed by atoms with Gasteiger partial charge in [0.2, 0.25) is 0 Å². The van der Waals surface area contributed by atoms with E-state index in [0.29, 0.717) is 6.42 Å². The van der Waals surface area contributed by atoms with Crippen molar-refractivity contribution in [1.82, 2.24) is 5.32 Å². The van der Waals surface area contributed by atoms with Crippen LogP contribution in [0.3, 0.4) is 0 Å². The molecule has 0 aliphatic carbocycles. The Morgan fingerprint density at radius 3 is 2.18 bits per heavy atom. The predicted octanol–water partition coefficient (Wildman–Crippen LogP) is 4.46. The summed E-state index contributed by atoms with van der Waals surface area (Å²) in [5.41, 5.74) is 2.17. The van der Waals surface area contributed by atoms with E-state index < -0.39 is 15.7 Å². The molecule has 144 valence electrons. The second kappa shape index (κ2) is 8.59. The van der Waals surface area contributed by atoms with Crippen LogP contribution in [0.2, 0.25) is 5.02 Å². The molecule has 0 aromatic heterocycles. The van der Waals surface area contributed by atoms with Gasteiger partial charge in [0.15, 0.2) is 9.84 Å². The SMILES string of the molecule is CS(=O)(=O)c1ccc(Cl)c(C(=O)NC(Cc2ccccc2)c2ccccc2)c1. The number of carbonyl (C=O) groups is 1. The van der Waals surface area contributed by atoms with Crippen molar-refractivity contribution >= 4 is 27.3 Å². The van der Waals surface area contributed by atoms with Gasteiger partial charge in [-0.2, -0.15) is 0 Å². The zero-order valence-corrected chi connectivity index (χ0v) is 16.9. The summed E-state index contributed by atoms with van der Waals surface area (Å²) < 4.78 is 23.7. The van der Waals surface area contributed by atoms with Crippen molar-refractivity contribution in [2.75, 3.05) is 6.26 Å². The zero-order chi connectivity index (χ0) is 20.1. The monoisotopic (exact) mass is 413 g/mol. The van der Waals surface area contributed by atoms with Crippen LogP contribution >= 0.6 is 11.6 Å². The molecule has 0 bridgehead atoms. The Kier molecular flexibility index (Phi) is 6.17. The molecule has 0 heterocycles. The van der Waals surface area contributed by atoms with E-state index in [1.807, 2.05) is 60.7 Å². The lowest BCUT2D eigenvalue weighted by atomic mass is 9.98. The van der Waals surface area contributed by atoms with Crippen LogP contribution < -0.4 is 5.32 Å². The second-order valence-corrected chi connectivity index (χ2v) is 8.96. The lowest BCUT2D eigenvalue weighted by molar-refractivity contribution is 0.0936. The third-order valence-corrected chi connectivity index (χ3v) is 5.84. The first kappa shape index (κ1) is 20.1. The molecule has 0 radical (unpaired) electrons. The van der Waals surface area contributed by atoms with Crippen LogP contribution in [0.5, 0.6) is 0 Å². The minimum absolute atomic E-state index is 0.0568. The maximum atomic E-state index is 12.9. The summed E-state index contributed by atoms with van der Waals surface area (Å²) in [6, 6.07) is 23.3. The van der Waals surface area contributed by atoms with E-state index in [9.17, 15) is 13.2 Å². The Bertz CT molecular complexity index is 1070. The van der Waals surface area contributed by atoms with E-state index in [1.165, 1.54) is 18.2 Å². The normalized spacial score (nSPS) is 12.4. The summed E-state index contributed by atoms with van der Waals surface area (Å²) >= 11 is 6.18. The molecule has 0 aliphatic rings. The van der Waals surface area contributed by atoms with E-state index >= 15 is 0 Å². The largest absolute Gasteiger partial charge is 0.345 e. The Morgan fingerprint density at radius 1 is 0.964 bits per heavy atom. The summed E-state index contributed by atoms with van der Waals surface area (Å²) in [5, 5.41) is 3.20. The van der Waals surface area contributed by atoms with Gasteiger partial charge in [0.25, 0.3) is 5.91 Å². The highest BCUT2D eigenvalue weighted by molar-refractivity contribution is 7.90. The Balaban J connectivity index is 1.91. The molecule has 1 unspecified atom stereocenters. The van der Waals surface area contributed by atoms with Crippen LogP contribution in [0, 0.1) is 0 Å². The quantitative estimate of drug-likeness (QED) is 0.649. The number of sulfone groups is 1. The molecular weight excluding hydrogens is 394 g/mol. The first-order valence-electron chi connectivity index (χ1n) is 8.74. The van der Waals surface area contributed by atoms with E-state index in [-0.39, 0.29) is 21.5 Å². The highest BCUT2D eigenvalue weighted by Crippen LogP contribution is 2.23. The van der Waals surface area contributed by atoms with Gasteiger partial charge in [-0.3, -0.25) is 4.79 Å². The lowest BCUT2D eigenvalue weighted by Gasteiger charge is -2.20. The molecule has 6 heteroatoms. The van der Waals surface area contributed by atoms with E-state index in [2.05, 4.69) is 5.32 Å². The Hall–Kier alpha value is -2.63. The van der Waals surface area contributed by atoms with Gasteiger partial charge in [0.05, 0.1) is 21.5 Å². The number of hydrogen-bond acceptors (Lipinski definition) is 3. The molecule has 3 rings (SSSR count). The number of hydrogen-bond donors (Lipinski definition) is 1. The van der Waals surface area contributed by atoms with Crippen LogP contribution in [-0.4, -0.2) is 20.6 Å². The Morgan fingerprint density at radius 2 is 1.57 bits per heavy atom. The first-order valence-corrected chi connectivity index (χ1v) is 11.0. The van der Waals surface area contributed by atoms with Crippen molar-refractivity contribution in [1.29, 1.82) is 0 Å².